The number of nitro groups is 1. The van der Waals surface area contributed by atoms with Gasteiger partial charge in [-0.05, 0) is 24.6 Å². The van der Waals surface area contributed by atoms with Crippen molar-refractivity contribution in [3.63, 3.8) is 0 Å². The molecule has 2 aromatic rings. The van der Waals surface area contributed by atoms with Crippen LogP contribution in [0.25, 0.3) is 5.70 Å². The third-order valence-electron chi connectivity index (χ3n) is 3.72. The summed E-state index contributed by atoms with van der Waals surface area (Å²) in [6.07, 6.45) is 1.50. The van der Waals surface area contributed by atoms with Crippen molar-refractivity contribution in [2.45, 2.75) is 12.6 Å². The maximum absolute atomic E-state index is 12.7. The van der Waals surface area contributed by atoms with E-state index < -0.39 is 16.6 Å². The average Bonchev–Trinajstić information content (AvgIpc) is 2.90. The molecule has 2 aromatic carbocycles. The molecule has 0 unspecified atom stereocenters. The van der Waals surface area contributed by atoms with Crippen molar-refractivity contribution < 1.29 is 14.8 Å². The van der Waals surface area contributed by atoms with Crippen LogP contribution in [-0.2, 0) is 0 Å². The lowest BCUT2D eigenvalue weighted by Gasteiger charge is -2.29. The van der Waals surface area contributed by atoms with Gasteiger partial charge in [0, 0.05) is 6.07 Å². The topological polar surface area (TPSA) is 95.7 Å². The normalized spacial score (nSPS) is 19.6. The smallest absolute Gasteiger partial charge is 0.282 e. The van der Waals surface area contributed by atoms with E-state index in [2.05, 4.69) is 5.43 Å². The molecular formula is C17H15N3O4. The van der Waals surface area contributed by atoms with E-state index in [0.717, 1.165) is 10.6 Å². The highest BCUT2D eigenvalue weighted by molar-refractivity contribution is 5.99. The maximum Gasteiger partial charge on any atom is 0.282 e. The third-order valence-corrected chi connectivity index (χ3v) is 3.72. The molecule has 7 heteroatoms. The SMILES string of the molecule is C[C@]1(O)C=C(c2ccccc2)NN1C(=O)c1ccccc1[N+](=O)[O-]. The average molecular weight is 325 g/mol. The predicted octanol–water partition coefficient (Wildman–Crippen LogP) is 2.30. The number of aliphatic hydroxyl groups is 1. The molecule has 122 valence electrons. The molecule has 0 saturated carbocycles. The number of carbonyl (C=O) groups excluding carboxylic acids is 1. The van der Waals surface area contributed by atoms with Crippen LogP contribution in [0.5, 0.6) is 0 Å². The van der Waals surface area contributed by atoms with Crippen molar-refractivity contribution in [2.75, 3.05) is 0 Å². The standard InChI is InChI=1S/C17H15N3O4/c1-17(22)11-14(12-7-3-2-4-8-12)18-19(17)16(21)13-9-5-6-10-15(13)20(23)24/h2-11,18,22H,1H3/t17-/m0/s1. The first-order valence-electron chi connectivity index (χ1n) is 7.25. The fourth-order valence-electron chi connectivity index (χ4n) is 2.56. The highest BCUT2D eigenvalue weighted by Crippen LogP contribution is 2.29. The van der Waals surface area contributed by atoms with Gasteiger partial charge in [-0.1, -0.05) is 42.5 Å². The summed E-state index contributed by atoms with van der Waals surface area (Å²) in [6.45, 7) is 1.43. The monoisotopic (exact) mass is 325 g/mol. The number of hydrazine groups is 1. The number of benzene rings is 2. The molecule has 24 heavy (non-hydrogen) atoms. The second-order valence-electron chi connectivity index (χ2n) is 5.54. The zero-order valence-corrected chi connectivity index (χ0v) is 12.8. The minimum Gasteiger partial charge on any atom is -0.366 e. The molecule has 1 aliphatic heterocycles. The Kier molecular flexibility index (Phi) is 3.78. The number of rotatable bonds is 3. The Morgan fingerprint density at radius 2 is 1.79 bits per heavy atom. The second kappa shape index (κ2) is 5.78. The van der Waals surface area contributed by atoms with E-state index in [0.29, 0.717) is 5.70 Å². The van der Waals surface area contributed by atoms with Crippen LogP contribution in [-0.4, -0.2) is 26.7 Å². The van der Waals surface area contributed by atoms with Crippen LogP contribution in [0.15, 0.2) is 60.7 Å². The Bertz CT molecular complexity index is 831. The van der Waals surface area contributed by atoms with Crippen molar-refractivity contribution in [3.8, 4) is 0 Å². The molecule has 0 fully saturated rings. The molecule has 7 nitrogen and oxygen atoms in total. The van der Waals surface area contributed by atoms with Crippen molar-refractivity contribution in [2.24, 2.45) is 0 Å². The van der Waals surface area contributed by atoms with Gasteiger partial charge in [-0.2, -0.15) is 0 Å². The number of carbonyl (C=O) groups is 1. The summed E-state index contributed by atoms with van der Waals surface area (Å²) >= 11 is 0. The number of nitrogens with one attached hydrogen (secondary N) is 1. The first kappa shape index (κ1) is 15.7. The number of nitrogens with zero attached hydrogens (tertiary/aromatic N) is 2. The fourth-order valence-corrected chi connectivity index (χ4v) is 2.56. The molecule has 1 atom stereocenters. The van der Waals surface area contributed by atoms with Crippen molar-refractivity contribution in [1.29, 1.82) is 0 Å². The molecule has 0 aliphatic carbocycles. The van der Waals surface area contributed by atoms with Crippen molar-refractivity contribution >= 4 is 17.3 Å². The molecule has 0 bridgehead atoms. The van der Waals surface area contributed by atoms with Crippen LogP contribution in [0.1, 0.15) is 22.8 Å². The fraction of sp³-hybridized carbons (Fsp3) is 0.118. The summed E-state index contributed by atoms with van der Waals surface area (Å²) in [5.74, 6) is -0.686. The third kappa shape index (κ3) is 2.72. The summed E-state index contributed by atoms with van der Waals surface area (Å²) in [5.41, 5.74) is 2.14. The van der Waals surface area contributed by atoms with Gasteiger partial charge in [-0.25, -0.2) is 5.01 Å². The molecular weight excluding hydrogens is 310 g/mol. The Labute approximate surface area is 138 Å². The van der Waals surface area contributed by atoms with Crippen LogP contribution in [0.3, 0.4) is 0 Å². The van der Waals surface area contributed by atoms with Gasteiger partial charge in [0.1, 0.15) is 5.56 Å². The molecule has 1 aliphatic rings. The first-order valence-corrected chi connectivity index (χ1v) is 7.25. The Morgan fingerprint density at radius 1 is 1.17 bits per heavy atom. The molecule has 0 radical (unpaired) electrons. The van der Waals surface area contributed by atoms with Crippen molar-refractivity contribution in [1.82, 2.24) is 10.4 Å². The lowest BCUT2D eigenvalue weighted by Crippen LogP contribution is -2.50. The molecule has 1 amide bonds. The summed E-state index contributed by atoms with van der Waals surface area (Å²) in [7, 11) is 0. The lowest BCUT2D eigenvalue weighted by molar-refractivity contribution is -0.385. The number of hydrogen-bond donors (Lipinski definition) is 2. The van der Waals surface area contributed by atoms with Crippen molar-refractivity contribution in [3.05, 3.63) is 81.9 Å². The minimum absolute atomic E-state index is 0.0991. The molecule has 2 N–H and O–H groups in total. The Morgan fingerprint density at radius 3 is 2.46 bits per heavy atom. The first-order chi connectivity index (χ1) is 11.4. The zero-order valence-electron chi connectivity index (χ0n) is 12.8. The Hall–Kier alpha value is -3.19. The largest absolute Gasteiger partial charge is 0.366 e. The molecule has 0 spiro atoms. The van der Waals surface area contributed by atoms with Gasteiger partial charge in [0.15, 0.2) is 5.72 Å². The number of amides is 1. The van der Waals surface area contributed by atoms with E-state index in [1.807, 2.05) is 30.3 Å². The van der Waals surface area contributed by atoms with Crippen LogP contribution in [0.2, 0.25) is 0 Å². The number of para-hydroxylation sites is 1. The molecule has 1 heterocycles. The van der Waals surface area contributed by atoms with Gasteiger partial charge in [0.2, 0.25) is 0 Å². The lowest BCUT2D eigenvalue weighted by atomic mass is 10.1. The summed E-state index contributed by atoms with van der Waals surface area (Å²) < 4.78 is 0. The highest BCUT2D eigenvalue weighted by atomic mass is 16.6. The molecule has 3 rings (SSSR count). The van der Waals surface area contributed by atoms with Crippen LogP contribution in [0.4, 0.5) is 5.69 Å². The van der Waals surface area contributed by atoms with Gasteiger partial charge in [-0.3, -0.25) is 20.3 Å². The molecule has 0 aromatic heterocycles. The van der Waals surface area contributed by atoms with Gasteiger partial charge >= 0.3 is 0 Å². The van der Waals surface area contributed by atoms with E-state index in [9.17, 15) is 20.0 Å². The van der Waals surface area contributed by atoms with Crippen LogP contribution < -0.4 is 5.43 Å². The molecule has 0 saturated heterocycles. The van der Waals surface area contributed by atoms with Crippen LogP contribution >= 0.6 is 0 Å². The van der Waals surface area contributed by atoms with Gasteiger partial charge in [-0.15, -0.1) is 0 Å². The quantitative estimate of drug-likeness (QED) is 0.667. The van der Waals surface area contributed by atoms with Gasteiger partial charge in [0.25, 0.3) is 11.6 Å². The maximum atomic E-state index is 12.7. The summed E-state index contributed by atoms with van der Waals surface area (Å²) in [6, 6.07) is 14.8. The van der Waals surface area contributed by atoms with E-state index in [1.54, 1.807) is 0 Å². The Balaban J connectivity index is 1.94. The second-order valence-corrected chi connectivity index (χ2v) is 5.54. The zero-order chi connectivity index (χ0) is 17.3. The highest BCUT2D eigenvalue weighted by Gasteiger charge is 2.40. The number of nitro benzene ring substituents is 1. The van der Waals surface area contributed by atoms with Gasteiger partial charge in [0.05, 0.1) is 10.6 Å². The van der Waals surface area contributed by atoms with Gasteiger partial charge < -0.3 is 5.11 Å². The summed E-state index contributed by atoms with van der Waals surface area (Å²) in [5, 5.41) is 22.7. The summed E-state index contributed by atoms with van der Waals surface area (Å²) in [4.78, 5) is 23.2. The van der Waals surface area contributed by atoms with E-state index >= 15 is 0 Å². The van der Waals surface area contributed by atoms with E-state index in [1.165, 1.54) is 37.3 Å². The van der Waals surface area contributed by atoms with E-state index in [4.69, 9.17) is 0 Å². The van der Waals surface area contributed by atoms with Crippen LogP contribution in [0, 0.1) is 10.1 Å². The van der Waals surface area contributed by atoms with E-state index in [-0.39, 0.29) is 11.3 Å². The predicted molar refractivity (Wildman–Crippen MR) is 87.4 cm³/mol. The minimum atomic E-state index is -1.62. The number of hydrogen-bond acceptors (Lipinski definition) is 5.